The summed E-state index contributed by atoms with van der Waals surface area (Å²) in [6.45, 7) is 4.74. The lowest BCUT2D eigenvalue weighted by atomic mass is 9.64. The summed E-state index contributed by atoms with van der Waals surface area (Å²) in [4.78, 5) is 4.97. The molecule has 1 aliphatic heterocycles. The van der Waals surface area contributed by atoms with Crippen molar-refractivity contribution < 1.29 is 0 Å². The summed E-state index contributed by atoms with van der Waals surface area (Å²) in [7, 11) is 0. The van der Waals surface area contributed by atoms with Gasteiger partial charge in [0.05, 0.1) is 28.2 Å². The van der Waals surface area contributed by atoms with Crippen LogP contribution in [0.3, 0.4) is 0 Å². The molecular formula is C64H46N2. The van der Waals surface area contributed by atoms with E-state index in [1.54, 1.807) is 0 Å². The largest absolute Gasteiger partial charge is 0.310 e. The van der Waals surface area contributed by atoms with Gasteiger partial charge < -0.3 is 9.80 Å². The van der Waals surface area contributed by atoms with E-state index < -0.39 is 5.41 Å². The number of para-hydroxylation sites is 4. The monoisotopic (exact) mass is 842 g/mol. The van der Waals surface area contributed by atoms with Gasteiger partial charge in [0.15, 0.2) is 0 Å². The molecule has 0 atom stereocenters. The Morgan fingerprint density at radius 1 is 0.333 bits per heavy atom. The highest BCUT2D eigenvalue weighted by Crippen LogP contribution is 2.64. The predicted octanol–water partition coefficient (Wildman–Crippen LogP) is 16.9. The fourth-order valence-corrected chi connectivity index (χ4v) is 11.8. The Morgan fingerprint density at radius 2 is 0.833 bits per heavy atom. The van der Waals surface area contributed by atoms with Crippen LogP contribution in [0.1, 0.15) is 47.2 Å². The Kier molecular flexibility index (Phi) is 8.51. The Balaban J connectivity index is 1.05. The number of hydrogen-bond donors (Lipinski definition) is 0. The Hall–Kier alpha value is -8.20. The van der Waals surface area contributed by atoms with E-state index in [0.29, 0.717) is 0 Å². The predicted molar refractivity (Wildman–Crippen MR) is 275 cm³/mol. The van der Waals surface area contributed by atoms with E-state index >= 15 is 0 Å². The van der Waals surface area contributed by atoms with E-state index in [2.05, 4.69) is 266 Å². The van der Waals surface area contributed by atoms with Crippen molar-refractivity contribution in [3.8, 4) is 44.5 Å². The molecule has 0 saturated carbocycles. The number of fused-ring (bicyclic) bond motifs is 12. The van der Waals surface area contributed by atoms with Gasteiger partial charge in [0, 0.05) is 27.9 Å². The Morgan fingerprint density at radius 3 is 1.55 bits per heavy atom. The first-order chi connectivity index (χ1) is 32.5. The molecule has 2 heteroatoms. The normalized spacial score (nSPS) is 14.1. The smallest absolute Gasteiger partial charge is 0.0754 e. The minimum atomic E-state index is -0.558. The lowest BCUT2D eigenvalue weighted by molar-refractivity contribution is 0.660. The minimum absolute atomic E-state index is 0.143. The van der Waals surface area contributed by atoms with Crippen LogP contribution in [0.2, 0.25) is 0 Å². The summed E-state index contributed by atoms with van der Waals surface area (Å²) in [6, 6.07) is 90.1. The van der Waals surface area contributed by atoms with Crippen LogP contribution < -0.4 is 9.80 Å². The molecular weight excluding hydrogens is 797 g/mol. The van der Waals surface area contributed by atoms with Gasteiger partial charge in [-0.1, -0.05) is 202 Å². The van der Waals surface area contributed by atoms with Gasteiger partial charge in [-0.25, -0.2) is 0 Å². The third-order valence-corrected chi connectivity index (χ3v) is 14.7. The van der Waals surface area contributed by atoms with Crippen molar-refractivity contribution >= 4 is 34.1 Å². The maximum Gasteiger partial charge on any atom is 0.0754 e. The second-order valence-electron chi connectivity index (χ2n) is 18.4. The van der Waals surface area contributed by atoms with Gasteiger partial charge in [0.1, 0.15) is 0 Å². The summed E-state index contributed by atoms with van der Waals surface area (Å²) < 4.78 is 0. The van der Waals surface area contributed by atoms with Gasteiger partial charge in [0.2, 0.25) is 0 Å². The van der Waals surface area contributed by atoms with Crippen LogP contribution in [-0.2, 0) is 10.8 Å². The van der Waals surface area contributed by atoms with E-state index in [-0.39, 0.29) is 5.41 Å². The van der Waals surface area contributed by atoms with E-state index in [1.807, 2.05) is 0 Å². The highest BCUT2D eigenvalue weighted by Gasteiger charge is 2.51. The fourth-order valence-electron chi connectivity index (χ4n) is 11.8. The molecule has 0 radical (unpaired) electrons. The zero-order chi connectivity index (χ0) is 44.0. The maximum atomic E-state index is 2.52. The van der Waals surface area contributed by atoms with Gasteiger partial charge in [-0.05, 0) is 121 Å². The Labute approximate surface area is 387 Å². The van der Waals surface area contributed by atoms with Crippen molar-refractivity contribution in [1.29, 1.82) is 0 Å². The highest BCUT2D eigenvalue weighted by atomic mass is 15.2. The summed E-state index contributed by atoms with van der Waals surface area (Å²) in [5.41, 5.74) is 24.1. The third kappa shape index (κ3) is 5.42. The van der Waals surface area contributed by atoms with Crippen LogP contribution in [-0.4, -0.2) is 0 Å². The van der Waals surface area contributed by atoms with Gasteiger partial charge in [-0.2, -0.15) is 0 Å². The summed E-state index contributed by atoms with van der Waals surface area (Å²) in [6.07, 6.45) is 0. The maximum absolute atomic E-state index is 2.52. The first-order valence-corrected chi connectivity index (χ1v) is 23.1. The molecule has 0 unspecified atom stereocenters. The number of hydrogen-bond acceptors (Lipinski definition) is 2. The molecule has 1 heterocycles. The van der Waals surface area contributed by atoms with Crippen LogP contribution in [0.5, 0.6) is 0 Å². The molecule has 0 amide bonds. The first kappa shape index (κ1) is 38.3. The molecule has 2 nitrogen and oxygen atoms in total. The van der Waals surface area contributed by atoms with Gasteiger partial charge in [-0.15, -0.1) is 0 Å². The molecule has 66 heavy (non-hydrogen) atoms. The quantitative estimate of drug-likeness (QED) is 0.165. The lowest BCUT2D eigenvalue weighted by Gasteiger charge is -2.45. The van der Waals surface area contributed by atoms with E-state index in [4.69, 9.17) is 0 Å². The number of rotatable bonds is 6. The van der Waals surface area contributed by atoms with Crippen molar-refractivity contribution in [3.63, 3.8) is 0 Å². The first-order valence-electron chi connectivity index (χ1n) is 23.1. The number of benzene rings is 10. The van der Waals surface area contributed by atoms with Crippen molar-refractivity contribution in [2.75, 3.05) is 9.80 Å². The minimum Gasteiger partial charge on any atom is -0.310 e. The average Bonchev–Trinajstić information content (AvgIpc) is 3.80. The fraction of sp³-hybridized carbons (Fsp3) is 0.0625. The summed E-state index contributed by atoms with van der Waals surface area (Å²) >= 11 is 0. The standard InChI is InChI=1S/C64H46N2/c1-63(2)52-27-12-10-26-51(52)62-56(63)31-19-35-61(62)65(47-39-36-44(37-40-47)43-20-5-3-6-21-43)58-32-16-11-24-48(58)45-38-41-50-49-25-9-13-28-53(49)64(57(50)42-45)54-29-14-17-33-59(54)66(46-22-7-4-8-23-46)60-34-18-15-30-55(60)64/h3-42H,1-2H3. The average molecular weight is 843 g/mol. The topological polar surface area (TPSA) is 6.48 Å². The van der Waals surface area contributed by atoms with Crippen molar-refractivity contribution in [3.05, 3.63) is 276 Å². The molecule has 10 aromatic carbocycles. The number of anilines is 6. The molecule has 0 saturated heterocycles. The van der Waals surface area contributed by atoms with Crippen LogP contribution in [0.25, 0.3) is 44.5 Å². The number of nitrogens with zero attached hydrogens (tertiary/aromatic N) is 2. The van der Waals surface area contributed by atoms with E-state index in [0.717, 1.165) is 17.1 Å². The van der Waals surface area contributed by atoms with Gasteiger partial charge in [-0.3, -0.25) is 0 Å². The van der Waals surface area contributed by atoms with Gasteiger partial charge >= 0.3 is 0 Å². The van der Waals surface area contributed by atoms with Crippen molar-refractivity contribution in [1.82, 2.24) is 0 Å². The van der Waals surface area contributed by atoms with Crippen LogP contribution >= 0.6 is 0 Å². The molecule has 0 aromatic heterocycles. The van der Waals surface area contributed by atoms with Crippen molar-refractivity contribution in [2.24, 2.45) is 0 Å². The highest BCUT2D eigenvalue weighted by molar-refractivity contribution is 6.00. The van der Waals surface area contributed by atoms with Gasteiger partial charge in [0.25, 0.3) is 0 Å². The third-order valence-electron chi connectivity index (χ3n) is 14.7. The van der Waals surface area contributed by atoms with Crippen LogP contribution in [0.4, 0.5) is 34.1 Å². The molecule has 312 valence electrons. The molecule has 10 aromatic rings. The molecule has 0 N–H and O–H groups in total. The molecule has 3 aliphatic rings. The molecule has 1 spiro atoms. The van der Waals surface area contributed by atoms with Crippen LogP contribution in [0, 0.1) is 0 Å². The zero-order valence-electron chi connectivity index (χ0n) is 37.0. The molecule has 0 fully saturated rings. The van der Waals surface area contributed by atoms with Crippen molar-refractivity contribution in [2.45, 2.75) is 24.7 Å². The Bertz CT molecular complexity index is 3460. The SMILES string of the molecule is CC1(C)c2ccccc2-c2c(N(c3ccc(-c4ccccc4)cc3)c3ccccc3-c3ccc4c(c3)C3(c5ccccc5-4)c4ccccc4N(c4ccccc4)c4ccccc43)cccc21. The second kappa shape index (κ2) is 14.7. The van der Waals surface area contributed by atoms with E-state index in [1.165, 1.54) is 95.0 Å². The van der Waals surface area contributed by atoms with Crippen LogP contribution in [0.15, 0.2) is 243 Å². The summed E-state index contributed by atoms with van der Waals surface area (Å²) in [5.74, 6) is 0. The summed E-state index contributed by atoms with van der Waals surface area (Å²) in [5, 5.41) is 0. The second-order valence-corrected chi connectivity index (χ2v) is 18.4. The lowest BCUT2D eigenvalue weighted by Crippen LogP contribution is -2.36. The van der Waals surface area contributed by atoms with E-state index in [9.17, 15) is 0 Å². The molecule has 0 bridgehead atoms. The zero-order valence-corrected chi connectivity index (χ0v) is 37.0. The molecule has 13 rings (SSSR count). The molecule has 2 aliphatic carbocycles.